The lowest BCUT2D eigenvalue weighted by Crippen LogP contribution is -2.11. The number of halogens is 4. The fraction of sp³-hybridized carbons (Fsp3) is 0.0909. The molecule has 0 fully saturated rings. The number of aromatic amines is 1. The Kier molecular flexibility index (Phi) is 2.90. The average Bonchev–Trinajstić information content (AvgIpc) is 2.27. The van der Waals surface area contributed by atoms with Crippen molar-refractivity contribution >= 4 is 0 Å². The quantitative estimate of drug-likeness (QED) is 0.799. The predicted octanol–water partition coefficient (Wildman–Crippen LogP) is 2.59. The summed E-state index contributed by atoms with van der Waals surface area (Å²) in [4.78, 5) is 17.3. The molecule has 0 atom stereocenters. The van der Waals surface area contributed by atoms with Gasteiger partial charge in [0.05, 0.1) is 5.56 Å². The first-order valence-corrected chi connectivity index (χ1v) is 4.80. The van der Waals surface area contributed by atoms with Crippen molar-refractivity contribution in [3.8, 4) is 11.3 Å². The van der Waals surface area contributed by atoms with Crippen LogP contribution in [0.3, 0.4) is 0 Å². The molecule has 7 heteroatoms. The van der Waals surface area contributed by atoms with Crippen LogP contribution < -0.4 is 5.56 Å². The topological polar surface area (TPSA) is 45.8 Å². The summed E-state index contributed by atoms with van der Waals surface area (Å²) < 4.78 is 50.3. The van der Waals surface area contributed by atoms with Crippen molar-refractivity contribution in [2.75, 3.05) is 0 Å². The van der Waals surface area contributed by atoms with Gasteiger partial charge in [0.2, 0.25) is 0 Å². The highest BCUT2D eigenvalue weighted by molar-refractivity contribution is 5.58. The molecule has 3 nitrogen and oxygen atoms in total. The summed E-state index contributed by atoms with van der Waals surface area (Å²) >= 11 is 0. The summed E-state index contributed by atoms with van der Waals surface area (Å²) in [5, 5.41) is 0. The van der Waals surface area contributed by atoms with E-state index >= 15 is 0 Å². The lowest BCUT2D eigenvalue weighted by atomic mass is 10.1. The fourth-order valence-electron chi connectivity index (χ4n) is 1.45. The van der Waals surface area contributed by atoms with Crippen molar-refractivity contribution in [1.82, 2.24) is 9.97 Å². The van der Waals surface area contributed by atoms with E-state index in [0.29, 0.717) is 12.1 Å². The van der Waals surface area contributed by atoms with Gasteiger partial charge in [-0.15, -0.1) is 0 Å². The molecule has 1 N–H and O–H groups in total. The first-order chi connectivity index (χ1) is 8.39. The molecule has 94 valence electrons. The maximum Gasteiger partial charge on any atom is 0.419 e. The molecule has 18 heavy (non-hydrogen) atoms. The minimum Gasteiger partial charge on any atom is -0.326 e. The average molecular weight is 258 g/mol. The largest absolute Gasteiger partial charge is 0.419 e. The zero-order chi connectivity index (χ0) is 13.3. The van der Waals surface area contributed by atoms with E-state index in [4.69, 9.17) is 0 Å². The van der Waals surface area contributed by atoms with E-state index in [0.717, 1.165) is 6.07 Å². The van der Waals surface area contributed by atoms with Crippen LogP contribution in [0.25, 0.3) is 11.3 Å². The van der Waals surface area contributed by atoms with Crippen LogP contribution >= 0.6 is 0 Å². The van der Waals surface area contributed by atoms with Gasteiger partial charge >= 0.3 is 6.18 Å². The third-order valence-corrected chi connectivity index (χ3v) is 2.26. The van der Waals surface area contributed by atoms with Gasteiger partial charge < -0.3 is 4.98 Å². The molecule has 0 radical (unpaired) electrons. The van der Waals surface area contributed by atoms with Crippen molar-refractivity contribution < 1.29 is 17.6 Å². The van der Waals surface area contributed by atoms with Gasteiger partial charge in [-0.25, -0.2) is 9.37 Å². The van der Waals surface area contributed by atoms with Crippen LogP contribution in [0.1, 0.15) is 5.56 Å². The fourth-order valence-corrected chi connectivity index (χ4v) is 1.45. The first-order valence-electron chi connectivity index (χ1n) is 4.80. The van der Waals surface area contributed by atoms with Crippen molar-refractivity contribution in [2.45, 2.75) is 6.18 Å². The number of hydrogen-bond acceptors (Lipinski definition) is 2. The second-order valence-electron chi connectivity index (χ2n) is 3.46. The van der Waals surface area contributed by atoms with Crippen LogP contribution in [0.2, 0.25) is 0 Å². The third-order valence-electron chi connectivity index (χ3n) is 2.26. The van der Waals surface area contributed by atoms with E-state index < -0.39 is 23.1 Å². The highest BCUT2D eigenvalue weighted by Gasteiger charge is 2.34. The molecule has 0 unspecified atom stereocenters. The predicted molar refractivity (Wildman–Crippen MR) is 55.3 cm³/mol. The van der Waals surface area contributed by atoms with Gasteiger partial charge in [-0.05, 0) is 12.1 Å². The van der Waals surface area contributed by atoms with E-state index in [1.54, 1.807) is 0 Å². The van der Waals surface area contributed by atoms with Crippen LogP contribution in [-0.2, 0) is 6.18 Å². The number of hydrogen-bond donors (Lipinski definition) is 1. The molecule has 2 aromatic rings. The lowest BCUT2D eigenvalue weighted by Gasteiger charge is -2.08. The van der Waals surface area contributed by atoms with Gasteiger partial charge in [-0.2, -0.15) is 13.2 Å². The van der Waals surface area contributed by atoms with Crippen LogP contribution in [0.15, 0.2) is 35.4 Å². The minimum atomic E-state index is -4.76. The van der Waals surface area contributed by atoms with Crippen molar-refractivity contribution in [3.05, 3.63) is 52.3 Å². The highest BCUT2D eigenvalue weighted by Crippen LogP contribution is 2.32. The van der Waals surface area contributed by atoms with E-state index in [1.807, 2.05) is 0 Å². The van der Waals surface area contributed by atoms with Gasteiger partial charge in [-0.3, -0.25) is 4.79 Å². The number of aromatic nitrogens is 2. The molecule has 0 aliphatic carbocycles. The van der Waals surface area contributed by atoms with Crippen molar-refractivity contribution in [1.29, 1.82) is 0 Å². The summed E-state index contributed by atoms with van der Waals surface area (Å²) in [6.07, 6.45) is -2.24. The first kappa shape index (κ1) is 12.3. The molecule has 1 aromatic carbocycles. The molecule has 0 amide bonds. The summed E-state index contributed by atoms with van der Waals surface area (Å²) in [6.45, 7) is 0. The van der Waals surface area contributed by atoms with Crippen LogP contribution in [-0.4, -0.2) is 9.97 Å². The Hall–Kier alpha value is -2.18. The van der Waals surface area contributed by atoms with Gasteiger partial charge in [0, 0.05) is 18.0 Å². The summed E-state index contributed by atoms with van der Waals surface area (Å²) in [5.74, 6) is -1.44. The number of nitrogens with zero attached hydrogens (tertiary/aromatic N) is 1. The summed E-state index contributed by atoms with van der Waals surface area (Å²) in [7, 11) is 0. The Morgan fingerprint density at radius 3 is 2.50 bits per heavy atom. The number of benzene rings is 1. The van der Waals surface area contributed by atoms with E-state index in [-0.39, 0.29) is 11.3 Å². The number of H-pyrrole nitrogens is 1. The molecule has 1 aromatic heterocycles. The SMILES string of the molecule is O=c1[nH]ccnc1-c1ccc(C(F)(F)F)c(F)c1. The molecule has 2 rings (SSSR count). The lowest BCUT2D eigenvalue weighted by molar-refractivity contribution is -0.139. The molecular weight excluding hydrogens is 252 g/mol. The minimum absolute atomic E-state index is 0.0117. The van der Waals surface area contributed by atoms with Gasteiger partial charge in [0.1, 0.15) is 11.5 Å². The standard InChI is InChI=1S/C11H6F4N2O/c12-8-5-6(1-2-7(8)11(13,14)15)9-10(18)17-4-3-16-9/h1-5H,(H,17,18). The van der Waals surface area contributed by atoms with Gasteiger partial charge in [0.15, 0.2) is 0 Å². The molecular formula is C11H6F4N2O. The number of alkyl halides is 3. The van der Waals surface area contributed by atoms with E-state index in [2.05, 4.69) is 9.97 Å². The molecule has 0 saturated heterocycles. The smallest absolute Gasteiger partial charge is 0.326 e. The highest BCUT2D eigenvalue weighted by atomic mass is 19.4. The second kappa shape index (κ2) is 4.25. The third kappa shape index (κ3) is 2.24. The Labute approximate surface area is 98.1 Å². The molecule has 0 spiro atoms. The Balaban J connectivity index is 2.54. The molecule has 0 bridgehead atoms. The zero-order valence-corrected chi connectivity index (χ0v) is 8.75. The molecule has 0 aliphatic heterocycles. The van der Waals surface area contributed by atoms with Gasteiger partial charge in [0.25, 0.3) is 5.56 Å². The van der Waals surface area contributed by atoms with Crippen LogP contribution in [0.4, 0.5) is 17.6 Å². The van der Waals surface area contributed by atoms with Crippen molar-refractivity contribution in [3.63, 3.8) is 0 Å². The Morgan fingerprint density at radius 2 is 1.94 bits per heavy atom. The number of nitrogens with one attached hydrogen (secondary N) is 1. The molecule has 0 saturated carbocycles. The van der Waals surface area contributed by atoms with E-state index in [1.165, 1.54) is 12.4 Å². The molecule has 0 aliphatic rings. The van der Waals surface area contributed by atoms with Crippen molar-refractivity contribution in [2.24, 2.45) is 0 Å². The zero-order valence-electron chi connectivity index (χ0n) is 8.75. The van der Waals surface area contributed by atoms with Gasteiger partial charge in [-0.1, -0.05) is 6.07 Å². The second-order valence-corrected chi connectivity index (χ2v) is 3.46. The Bertz CT molecular complexity index is 633. The van der Waals surface area contributed by atoms with E-state index in [9.17, 15) is 22.4 Å². The number of rotatable bonds is 1. The maximum absolute atomic E-state index is 13.3. The normalized spacial score (nSPS) is 11.6. The summed E-state index contributed by atoms with van der Waals surface area (Å²) in [6, 6.07) is 2.22. The monoisotopic (exact) mass is 258 g/mol. The molecule has 1 heterocycles. The van der Waals surface area contributed by atoms with Crippen LogP contribution in [0, 0.1) is 5.82 Å². The summed E-state index contributed by atoms with van der Waals surface area (Å²) in [5.41, 5.74) is -2.12. The maximum atomic E-state index is 13.3. The van der Waals surface area contributed by atoms with Crippen LogP contribution in [0.5, 0.6) is 0 Å². The Morgan fingerprint density at radius 1 is 1.22 bits per heavy atom.